The summed E-state index contributed by atoms with van der Waals surface area (Å²) in [6.45, 7) is 5.61. The van der Waals surface area contributed by atoms with E-state index in [4.69, 9.17) is 5.73 Å². The van der Waals surface area contributed by atoms with Crippen LogP contribution in [-0.4, -0.2) is 15.0 Å². The molecule has 2 aromatic rings. The third-order valence-electron chi connectivity index (χ3n) is 4.04. The highest BCUT2D eigenvalue weighted by atomic mass is 19.1. The van der Waals surface area contributed by atoms with Crippen molar-refractivity contribution in [2.75, 3.05) is 11.1 Å². The Bertz CT molecular complexity index is 714. The van der Waals surface area contributed by atoms with E-state index >= 15 is 0 Å². The van der Waals surface area contributed by atoms with E-state index in [1.165, 1.54) is 29.2 Å². The van der Waals surface area contributed by atoms with Crippen molar-refractivity contribution in [1.82, 2.24) is 15.0 Å². The van der Waals surface area contributed by atoms with Gasteiger partial charge in [-0.1, -0.05) is 17.7 Å². The Kier molecular flexibility index (Phi) is 3.68. The van der Waals surface area contributed by atoms with Crippen LogP contribution in [0, 0.1) is 13.8 Å². The van der Waals surface area contributed by atoms with Gasteiger partial charge in [-0.05, 0) is 50.3 Å². The molecule has 0 aliphatic heterocycles. The van der Waals surface area contributed by atoms with E-state index < -0.39 is 6.17 Å². The van der Waals surface area contributed by atoms with Crippen LogP contribution in [0.5, 0.6) is 0 Å². The lowest BCUT2D eigenvalue weighted by atomic mass is 10.00. The monoisotopic (exact) mass is 301 g/mol. The van der Waals surface area contributed by atoms with Gasteiger partial charge in [0.15, 0.2) is 12.0 Å². The summed E-state index contributed by atoms with van der Waals surface area (Å²) >= 11 is 0. The van der Waals surface area contributed by atoms with Crippen LogP contribution < -0.4 is 11.1 Å². The Morgan fingerprint density at radius 1 is 1.27 bits per heavy atom. The highest BCUT2D eigenvalue weighted by Crippen LogP contribution is 2.36. The first-order valence-electron chi connectivity index (χ1n) is 7.46. The number of nitrogens with two attached hydrogens (primary N) is 1. The quantitative estimate of drug-likeness (QED) is 0.910. The van der Waals surface area contributed by atoms with Crippen molar-refractivity contribution in [2.45, 2.75) is 45.8 Å². The minimum absolute atomic E-state index is 0.0376. The number of fused-ring (bicyclic) bond motifs is 1. The van der Waals surface area contributed by atoms with Crippen LogP contribution in [0.1, 0.15) is 53.6 Å². The molecule has 1 aromatic carbocycles. The molecule has 2 atom stereocenters. The van der Waals surface area contributed by atoms with E-state index in [1.807, 2.05) is 0 Å². The summed E-state index contributed by atoms with van der Waals surface area (Å²) in [5, 5.41) is 3.28. The molecule has 1 aliphatic rings. The van der Waals surface area contributed by atoms with Gasteiger partial charge in [0.1, 0.15) is 0 Å². The van der Waals surface area contributed by atoms with Crippen molar-refractivity contribution in [3.8, 4) is 0 Å². The Morgan fingerprint density at radius 3 is 2.77 bits per heavy atom. The summed E-state index contributed by atoms with van der Waals surface area (Å²) < 4.78 is 13.4. The molecule has 0 saturated heterocycles. The Hall–Kier alpha value is -2.24. The molecule has 0 fully saturated rings. The second-order valence-corrected chi connectivity index (χ2v) is 5.88. The maximum atomic E-state index is 13.4. The van der Waals surface area contributed by atoms with Crippen molar-refractivity contribution in [1.29, 1.82) is 0 Å². The zero-order chi connectivity index (χ0) is 15.9. The van der Waals surface area contributed by atoms with E-state index in [0.717, 1.165) is 12.8 Å². The normalized spacial score (nSPS) is 18.1. The van der Waals surface area contributed by atoms with E-state index in [-0.39, 0.29) is 17.8 Å². The average Bonchev–Trinajstić information content (AvgIpc) is 2.81. The maximum absolute atomic E-state index is 13.4. The molecule has 0 unspecified atom stereocenters. The maximum Gasteiger partial charge on any atom is 0.228 e. The van der Waals surface area contributed by atoms with E-state index in [0.29, 0.717) is 5.95 Å². The van der Waals surface area contributed by atoms with Gasteiger partial charge >= 0.3 is 0 Å². The molecule has 5 nitrogen and oxygen atoms in total. The third kappa shape index (κ3) is 2.73. The number of hydrogen-bond acceptors (Lipinski definition) is 5. The molecule has 1 aliphatic carbocycles. The zero-order valence-electron chi connectivity index (χ0n) is 13.0. The fourth-order valence-corrected chi connectivity index (χ4v) is 3.08. The topological polar surface area (TPSA) is 76.7 Å². The van der Waals surface area contributed by atoms with Gasteiger partial charge in [0.25, 0.3) is 0 Å². The molecular formula is C16H20FN5. The number of benzene rings is 1. The van der Waals surface area contributed by atoms with Gasteiger partial charge in [-0.15, -0.1) is 0 Å². The summed E-state index contributed by atoms with van der Waals surface area (Å²) in [5.41, 5.74) is 10.8. The molecule has 1 heterocycles. The number of hydrogen-bond donors (Lipinski definition) is 2. The van der Waals surface area contributed by atoms with Gasteiger partial charge in [0.2, 0.25) is 11.9 Å². The van der Waals surface area contributed by atoms with Crippen LogP contribution in [0.2, 0.25) is 0 Å². The number of rotatable bonds is 3. The van der Waals surface area contributed by atoms with Crippen molar-refractivity contribution in [2.24, 2.45) is 0 Å². The number of alkyl halides is 1. The van der Waals surface area contributed by atoms with Crippen molar-refractivity contribution in [3.05, 3.63) is 40.2 Å². The molecule has 6 heteroatoms. The Labute approximate surface area is 129 Å². The van der Waals surface area contributed by atoms with Crippen LogP contribution in [0.25, 0.3) is 0 Å². The van der Waals surface area contributed by atoms with Crippen LogP contribution in [-0.2, 0) is 6.42 Å². The molecule has 0 radical (unpaired) electrons. The summed E-state index contributed by atoms with van der Waals surface area (Å²) in [7, 11) is 0. The SMILES string of the molecule is Cc1cc(C)c2c(c1)[C@H](Nc1nc(N)nc([C@H](C)F)n1)CC2. The summed E-state index contributed by atoms with van der Waals surface area (Å²) in [4.78, 5) is 12.0. The molecular weight excluding hydrogens is 281 g/mol. The number of nitrogen functional groups attached to an aromatic ring is 1. The highest BCUT2D eigenvalue weighted by Gasteiger charge is 2.25. The summed E-state index contributed by atoms with van der Waals surface area (Å²) in [6.07, 6.45) is 0.712. The van der Waals surface area contributed by atoms with Crippen molar-refractivity contribution >= 4 is 11.9 Å². The zero-order valence-corrected chi connectivity index (χ0v) is 13.0. The van der Waals surface area contributed by atoms with Crippen molar-refractivity contribution < 1.29 is 4.39 Å². The van der Waals surface area contributed by atoms with Gasteiger partial charge in [0, 0.05) is 0 Å². The first-order chi connectivity index (χ1) is 10.4. The molecule has 3 N–H and O–H groups in total. The molecule has 0 spiro atoms. The second kappa shape index (κ2) is 5.51. The van der Waals surface area contributed by atoms with E-state index in [2.05, 4.69) is 46.2 Å². The molecule has 1 aromatic heterocycles. The smallest absolute Gasteiger partial charge is 0.228 e. The molecule has 3 rings (SSSR count). The Balaban J connectivity index is 1.91. The molecule has 0 amide bonds. The standard InChI is InChI=1S/C16H20FN5/c1-8-6-9(2)11-4-5-13(12(11)7-8)19-16-21-14(10(3)17)20-15(18)22-16/h6-7,10,13H,4-5H2,1-3H3,(H3,18,19,20,21,22)/t10-,13+/m0/s1. The van der Waals surface area contributed by atoms with Crippen LogP contribution in [0.4, 0.5) is 16.3 Å². The Morgan fingerprint density at radius 2 is 2.05 bits per heavy atom. The number of aromatic nitrogens is 3. The van der Waals surface area contributed by atoms with Crippen LogP contribution in [0.15, 0.2) is 12.1 Å². The van der Waals surface area contributed by atoms with Gasteiger partial charge in [0.05, 0.1) is 6.04 Å². The summed E-state index contributed by atoms with van der Waals surface area (Å²) in [5.74, 6) is 0.438. The lowest BCUT2D eigenvalue weighted by molar-refractivity contribution is 0.356. The predicted octanol–water partition coefficient (Wildman–Crippen LogP) is 3.20. The minimum atomic E-state index is -1.27. The van der Waals surface area contributed by atoms with Gasteiger partial charge in [-0.2, -0.15) is 15.0 Å². The lowest BCUT2D eigenvalue weighted by Gasteiger charge is -2.16. The first kappa shape index (κ1) is 14.7. The largest absolute Gasteiger partial charge is 0.368 e. The first-order valence-corrected chi connectivity index (χ1v) is 7.46. The lowest BCUT2D eigenvalue weighted by Crippen LogP contribution is -2.14. The number of aryl methyl sites for hydroxylation is 2. The molecule has 22 heavy (non-hydrogen) atoms. The second-order valence-electron chi connectivity index (χ2n) is 5.88. The summed E-state index contributed by atoms with van der Waals surface area (Å²) in [6, 6.07) is 4.51. The van der Waals surface area contributed by atoms with E-state index in [1.54, 1.807) is 0 Å². The fraction of sp³-hybridized carbons (Fsp3) is 0.438. The minimum Gasteiger partial charge on any atom is -0.368 e. The van der Waals surface area contributed by atoms with Gasteiger partial charge < -0.3 is 11.1 Å². The van der Waals surface area contributed by atoms with Crippen LogP contribution >= 0.6 is 0 Å². The van der Waals surface area contributed by atoms with Gasteiger partial charge in [-0.3, -0.25) is 0 Å². The van der Waals surface area contributed by atoms with Gasteiger partial charge in [-0.25, -0.2) is 4.39 Å². The van der Waals surface area contributed by atoms with Crippen LogP contribution in [0.3, 0.4) is 0 Å². The number of nitrogens with zero attached hydrogens (tertiary/aromatic N) is 3. The molecule has 0 saturated carbocycles. The molecule has 0 bridgehead atoms. The fourth-order valence-electron chi connectivity index (χ4n) is 3.08. The predicted molar refractivity (Wildman–Crippen MR) is 84.4 cm³/mol. The number of halogens is 1. The van der Waals surface area contributed by atoms with E-state index in [9.17, 15) is 4.39 Å². The number of nitrogens with one attached hydrogen (secondary N) is 1. The van der Waals surface area contributed by atoms with Crippen molar-refractivity contribution in [3.63, 3.8) is 0 Å². The number of anilines is 2. The average molecular weight is 301 g/mol. The highest BCUT2D eigenvalue weighted by molar-refractivity contribution is 5.47. The third-order valence-corrected chi connectivity index (χ3v) is 4.04. The molecule has 116 valence electrons.